The zero-order chi connectivity index (χ0) is 15.1. The summed E-state index contributed by atoms with van der Waals surface area (Å²) < 4.78 is 10.8. The van der Waals surface area contributed by atoms with E-state index in [1.807, 2.05) is 6.07 Å². The summed E-state index contributed by atoms with van der Waals surface area (Å²) >= 11 is 0. The van der Waals surface area contributed by atoms with Gasteiger partial charge in [0.25, 0.3) is 0 Å². The molecule has 21 heavy (non-hydrogen) atoms. The fraction of sp³-hybridized carbons (Fsp3) is 0.688. The molecule has 1 N–H and O–H groups in total. The van der Waals surface area contributed by atoms with Crippen molar-refractivity contribution >= 4 is 0 Å². The van der Waals surface area contributed by atoms with Gasteiger partial charge in [0.15, 0.2) is 11.5 Å². The number of nitrogens with zero attached hydrogens (tertiary/aromatic N) is 2. The highest BCUT2D eigenvalue weighted by Crippen LogP contribution is 2.30. The van der Waals surface area contributed by atoms with Crippen molar-refractivity contribution in [1.82, 2.24) is 15.2 Å². The van der Waals surface area contributed by atoms with Crippen molar-refractivity contribution in [2.75, 3.05) is 33.9 Å². The van der Waals surface area contributed by atoms with Gasteiger partial charge in [-0.3, -0.25) is 9.88 Å². The molecule has 1 aliphatic rings. The summed E-state index contributed by atoms with van der Waals surface area (Å²) in [5.74, 6) is 1.51. The number of likely N-dealkylation sites (tertiary alicyclic amines) is 1. The highest BCUT2D eigenvalue weighted by atomic mass is 16.5. The van der Waals surface area contributed by atoms with Crippen LogP contribution < -0.4 is 14.8 Å². The molecule has 118 valence electrons. The second kappa shape index (κ2) is 8.20. The molecular weight excluding hydrogens is 266 g/mol. The lowest BCUT2D eigenvalue weighted by molar-refractivity contribution is 0.186. The number of hydrogen-bond acceptors (Lipinski definition) is 5. The minimum Gasteiger partial charge on any atom is -0.493 e. The van der Waals surface area contributed by atoms with Gasteiger partial charge in [0.1, 0.15) is 5.69 Å². The maximum Gasteiger partial charge on any atom is 0.183 e. The summed E-state index contributed by atoms with van der Waals surface area (Å²) in [7, 11) is 3.33. The van der Waals surface area contributed by atoms with Crippen LogP contribution in [-0.2, 0) is 6.54 Å². The highest BCUT2D eigenvalue weighted by molar-refractivity contribution is 5.42. The molecule has 0 unspecified atom stereocenters. The van der Waals surface area contributed by atoms with Gasteiger partial charge in [0.05, 0.1) is 14.2 Å². The molecule has 1 aromatic heterocycles. The number of hydrogen-bond donors (Lipinski definition) is 1. The number of rotatable bonds is 7. The largest absolute Gasteiger partial charge is 0.493 e. The second-order valence-corrected chi connectivity index (χ2v) is 5.50. The Morgan fingerprint density at radius 1 is 1.29 bits per heavy atom. The van der Waals surface area contributed by atoms with E-state index < -0.39 is 0 Å². The zero-order valence-corrected chi connectivity index (χ0v) is 13.4. The van der Waals surface area contributed by atoms with E-state index in [9.17, 15) is 0 Å². The Kier molecular flexibility index (Phi) is 6.26. The first-order chi connectivity index (χ1) is 10.3. The normalized spacial score (nSPS) is 16.9. The van der Waals surface area contributed by atoms with Crippen LogP contribution in [0.4, 0.5) is 0 Å². The lowest BCUT2D eigenvalue weighted by Crippen LogP contribution is -2.42. The predicted molar refractivity (Wildman–Crippen MR) is 83.9 cm³/mol. The van der Waals surface area contributed by atoms with Gasteiger partial charge in [-0.15, -0.1) is 0 Å². The Morgan fingerprint density at radius 3 is 2.67 bits per heavy atom. The van der Waals surface area contributed by atoms with E-state index in [0.717, 1.165) is 43.4 Å². The van der Waals surface area contributed by atoms with Gasteiger partial charge in [0, 0.05) is 37.9 Å². The molecule has 0 atom stereocenters. The number of pyridine rings is 1. The third-order valence-corrected chi connectivity index (χ3v) is 4.01. The van der Waals surface area contributed by atoms with Crippen molar-refractivity contribution < 1.29 is 9.47 Å². The van der Waals surface area contributed by atoms with Crippen LogP contribution in [0.1, 0.15) is 31.9 Å². The van der Waals surface area contributed by atoms with E-state index in [-0.39, 0.29) is 0 Å². The zero-order valence-electron chi connectivity index (χ0n) is 13.4. The van der Waals surface area contributed by atoms with E-state index in [1.165, 1.54) is 19.3 Å². The maximum absolute atomic E-state index is 5.46. The Bertz CT molecular complexity index is 432. The minimum atomic E-state index is 0.668. The Labute approximate surface area is 127 Å². The van der Waals surface area contributed by atoms with Crippen LogP contribution in [0.15, 0.2) is 12.3 Å². The van der Waals surface area contributed by atoms with Gasteiger partial charge in [-0.05, 0) is 25.8 Å². The van der Waals surface area contributed by atoms with E-state index in [4.69, 9.17) is 9.47 Å². The summed E-state index contributed by atoms with van der Waals surface area (Å²) in [6, 6.07) is 2.50. The van der Waals surface area contributed by atoms with Crippen LogP contribution in [-0.4, -0.2) is 49.8 Å². The Balaban J connectivity index is 1.91. The molecule has 0 aliphatic carbocycles. The summed E-state index contributed by atoms with van der Waals surface area (Å²) in [5, 5.41) is 3.61. The number of methoxy groups -OCH3 is 2. The smallest absolute Gasteiger partial charge is 0.183 e. The van der Waals surface area contributed by atoms with Crippen molar-refractivity contribution in [3.63, 3.8) is 0 Å². The third kappa shape index (κ3) is 4.32. The van der Waals surface area contributed by atoms with Gasteiger partial charge >= 0.3 is 0 Å². The average molecular weight is 293 g/mol. The molecule has 5 heteroatoms. The third-order valence-electron chi connectivity index (χ3n) is 4.01. The van der Waals surface area contributed by atoms with Gasteiger partial charge in [-0.2, -0.15) is 0 Å². The molecule has 1 fully saturated rings. The SMILES string of the molecule is CCCNC1CCN(Cc2nccc(OC)c2OC)CC1. The number of nitrogens with one attached hydrogen (secondary N) is 1. The topological polar surface area (TPSA) is 46.6 Å². The fourth-order valence-electron chi connectivity index (χ4n) is 2.82. The van der Waals surface area contributed by atoms with Gasteiger partial charge < -0.3 is 14.8 Å². The Hall–Kier alpha value is -1.33. The van der Waals surface area contributed by atoms with Crippen LogP contribution in [0.3, 0.4) is 0 Å². The van der Waals surface area contributed by atoms with Crippen molar-refractivity contribution in [3.8, 4) is 11.5 Å². The standard InChI is InChI=1S/C16H27N3O2/c1-4-8-17-13-6-10-19(11-7-13)12-14-16(21-3)15(20-2)5-9-18-14/h5,9,13,17H,4,6-8,10-12H2,1-3H3. The molecule has 5 nitrogen and oxygen atoms in total. The molecule has 1 saturated heterocycles. The van der Waals surface area contributed by atoms with Gasteiger partial charge in [0.2, 0.25) is 0 Å². The first kappa shape index (κ1) is 16.0. The number of ether oxygens (including phenoxy) is 2. The van der Waals surface area contributed by atoms with Crippen molar-refractivity contribution in [2.45, 2.75) is 38.8 Å². The molecule has 0 spiro atoms. The number of aromatic nitrogens is 1. The van der Waals surface area contributed by atoms with Crippen LogP contribution in [0, 0.1) is 0 Å². The summed E-state index contributed by atoms with van der Waals surface area (Å²) in [6.45, 7) is 6.35. The highest BCUT2D eigenvalue weighted by Gasteiger charge is 2.21. The molecular formula is C16H27N3O2. The first-order valence-electron chi connectivity index (χ1n) is 7.80. The summed E-state index contributed by atoms with van der Waals surface area (Å²) in [5.41, 5.74) is 0.955. The average Bonchev–Trinajstić information content (AvgIpc) is 2.54. The van der Waals surface area contributed by atoms with E-state index in [2.05, 4.69) is 22.1 Å². The molecule has 1 aromatic rings. The summed E-state index contributed by atoms with van der Waals surface area (Å²) in [4.78, 5) is 6.90. The van der Waals surface area contributed by atoms with E-state index in [1.54, 1.807) is 20.4 Å². The summed E-state index contributed by atoms with van der Waals surface area (Å²) in [6.07, 6.45) is 5.38. The molecule has 1 aliphatic heterocycles. The second-order valence-electron chi connectivity index (χ2n) is 5.50. The molecule has 2 rings (SSSR count). The maximum atomic E-state index is 5.46. The van der Waals surface area contributed by atoms with Crippen LogP contribution in [0.5, 0.6) is 11.5 Å². The van der Waals surface area contributed by atoms with Crippen molar-refractivity contribution in [3.05, 3.63) is 18.0 Å². The predicted octanol–water partition coefficient (Wildman–Crippen LogP) is 2.06. The molecule has 2 heterocycles. The number of piperidine rings is 1. The van der Waals surface area contributed by atoms with Gasteiger partial charge in [-0.25, -0.2) is 0 Å². The molecule has 0 bridgehead atoms. The van der Waals surface area contributed by atoms with Crippen molar-refractivity contribution in [1.29, 1.82) is 0 Å². The lowest BCUT2D eigenvalue weighted by atomic mass is 10.0. The molecule has 0 aromatic carbocycles. The van der Waals surface area contributed by atoms with Crippen LogP contribution in [0.25, 0.3) is 0 Å². The van der Waals surface area contributed by atoms with Crippen LogP contribution in [0.2, 0.25) is 0 Å². The van der Waals surface area contributed by atoms with E-state index >= 15 is 0 Å². The fourth-order valence-corrected chi connectivity index (χ4v) is 2.82. The van der Waals surface area contributed by atoms with Crippen LogP contribution >= 0.6 is 0 Å². The molecule has 0 amide bonds. The minimum absolute atomic E-state index is 0.668. The lowest BCUT2D eigenvalue weighted by Gasteiger charge is -2.32. The monoisotopic (exact) mass is 293 g/mol. The molecule has 0 radical (unpaired) electrons. The molecule has 0 saturated carbocycles. The Morgan fingerprint density at radius 2 is 2.05 bits per heavy atom. The van der Waals surface area contributed by atoms with Gasteiger partial charge in [-0.1, -0.05) is 6.92 Å². The quantitative estimate of drug-likeness (QED) is 0.834. The first-order valence-corrected chi connectivity index (χ1v) is 7.80. The van der Waals surface area contributed by atoms with Crippen molar-refractivity contribution in [2.24, 2.45) is 0 Å². The van der Waals surface area contributed by atoms with E-state index in [0.29, 0.717) is 6.04 Å².